The van der Waals surface area contributed by atoms with E-state index in [1.807, 2.05) is 6.07 Å². The van der Waals surface area contributed by atoms with E-state index in [-0.39, 0.29) is 5.91 Å². The first kappa shape index (κ1) is 13.1. The Morgan fingerprint density at radius 1 is 1.42 bits per heavy atom. The number of amides is 1. The van der Waals surface area contributed by atoms with E-state index in [4.69, 9.17) is 16.9 Å². The third-order valence-electron chi connectivity index (χ3n) is 2.67. The van der Waals surface area contributed by atoms with Crippen LogP contribution in [0.1, 0.15) is 15.9 Å². The van der Waals surface area contributed by atoms with Crippen LogP contribution in [-0.4, -0.2) is 17.9 Å². The van der Waals surface area contributed by atoms with Gasteiger partial charge < -0.3 is 4.90 Å². The molecule has 1 aromatic heterocycles. The highest BCUT2D eigenvalue weighted by molar-refractivity contribution is 6.34. The van der Waals surface area contributed by atoms with Gasteiger partial charge in [0.2, 0.25) is 0 Å². The Bertz CT molecular complexity index is 664. The second-order valence-corrected chi connectivity index (χ2v) is 4.29. The number of nitriles is 1. The van der Waals surface area contributed by atoms with Gasteiger partial charge in [-0.25, -0.2) is 0 Å². The molecule has 5 heteroatoms. The van der Waals surface area contributed by atoms with Gasteiger partial charge in [-0.3, -0.25) is 9.78 Å². The molecule has 0 radical (unpaired) electrons. The summed E-state index contributed by atoms with van der Waals surface area (Å²) in [6, 6.07) is 10.4. The van der Waals surface area contributed by atoms with Crippen molar-refractivity contribution in [1.29, 1.82) is 5.26 Å². The third kappa shape index (κ3) is 2.72. The molecule has 0 N–H and O–H groups in total. The Hall–Kier alpha value is -2.38. The van der Waals surface area contributed by atoms with E-state index in [9.17, 15) is 4.79 Å². The first-order valence-electron chi connectivity index (χ1n) is 5.51. The van der Waals surface area contributed by atoms with Crippen LogP contribution >= 0.6 is 11.6 Å². The third-order valence-corrected chi connectivity index (χ3v) is 3.00. The van der Waals surface area contributed by atoms with Crippen LogP contribution in [0, 0.1) is 11.3 Å². The number of carbonyl (C=O) groups is 1. The average Bonchev–Trinajstić information content (AvgIpc) is 2.46. The van der Waals surface area contributed by atoms with Crippen LogP contribution < -0.4 is 4.90 Å². The Kier molecular flexibility index (Phi) is 3.79. The van der Waals surface area contributed by atoms with Gasteiger partial charge in [0, 0.05) is 25.1 Å². The summed E-state index contributed by atoms with van der Waals surface area (Å²) in [6.07, 6.45) is 2.95. The molecule has 0 saturated carbocycles. The summed E-state index contributed by atoms with van der Waals surface area (Å²) in [5.41, 5.74) is 1.45. The van der Waals surface area contributed by atoms with Gasteiger partial charge in [-0.15, -0.1) is 0 Å². The summed E-state index contributed by atoms with van der Waals surface area (Å²) >= 11 is 5.97. The molecule has 2 rings (SSSR count). The maximum Gasteiger partial charge on any atom is 0.261 e. The largest absolute Gasteiger partial charge is 0.311 e. The Labute approximate surface area is 115 Å². The zero-order valence-electron chi connectivity index (χ0n) is 10.2. The minimum absolute atomic E-state index is 0.270. The van der Waals surface area contributed by atoms with Crippen molar-refractivity contribution in [3.63, 3.8) is 0 Å². The number of halogens is 1. The smallest absolute Gasteiger partial charge is 0.261 e. The van der Waals surface area contributed by atoms with Crippen molar-refractivity contribution in [1.82, 2.24) is 4.98 Å². The molecule has 0 aliphatic carbocycles. The molecule has 0 aliphatic rings. The molecule has 1 aromatic carbocycles. The molecule has 19 heavy (non-hydrogen) atoms. The van der Waals surface area contributed by atoms with Gasteiger partial charge in [-0.2, -0.15) is 5.26 Å². The molecule has 4 nitrogen and oxygen atoms in total. The summed E-state index contributed by atoms with van der Waals surface area (Å²) in [7, 11) is 1.63. The van der Waals surface area contributed by atoms with E-state index >= 15 is 0 Å². The van der Waals surface area contributed by atoms with Gasteiger partial charge in [0.05, 0.1) is 22.2 Å². The Morgan fingerprint density at radius 3 is 2.89 bits per heavy atom. The van der Waals surface area contributed by atoms with Crippen molar-refractivity contribution >= 4 is 23.2 Å². The number of rotatable bonds is 2. The molecule has 2 aromatic rings. The highest BCUT2D eigenvalue weighted by Crippen LogP contribution is 2.20. The van der Waals surface area contributed by atoms with Gasteiger partial charge in [0.25, 0.3) is 5.91 Å². The van der Waals surface area contributed by atoms with E-state index < -0.39 is 0 Å². The molecule has 0 fully saturated rings. The number of aromatic nitrogens is 1. The Morgan fingerprint density at radius 2 is 2.21 bits per heavy atom. The fourth-order valence-corrected chi connectivity index (χ4v) is 1.80. The predicted molar refractivity (Wildman–Crippen MR) is 73.1 cm³/mol. The second kappa shape index (κ2) is 5.51. The summed E-state index contributed by atoms with van der Waals surface area (Å²) in [5.74, 6) is -0.270. The summed E-state index contributed by atoms with van der Waals surface area (Å²) in [5, 5.41) is 9.21. The van der Waals surface area contributed by atoms with E-state index in [0.29, 0.717) is 21.8 Å². The molecule has 94 valence electrons. The lowest BCUT2D eigenvalue weighted by Gasteiger charge is -2.17. The number of benzene rings is 1. The van der Waals surface area contributed by atoms with E-state index in [1.54, 1.807) is 37.4 Å². The number of hydrogen-bond donors (Lipinski definition) is 0. The number of anilines is 1. The first-order chi connectivity index (χ1) is 9.13. The molecule has 0 unspecified atom stereocenters. The van der Waals surface area contributed by atoms with Crippen LogP contribution in [0.5, 0.6) is 0 Å². The standard InChI is InChI=1S/C14H10ClN3O/c1-18(11-4-2-3-10(7-11)8-16)14(19)12-9-17-6-5-13(12)15/h2-7,9H,1H3. The second-order valence-electron chi connectivity index (χ2n) is 3.88. The van der Waals surface area contributed by atoms with Crippen LogP contribution in [-0.2, 0) is 0 Å². The SMILES string of the molecule is CN(C(=O)c1cnccc1Cl)c1cccc(C#N)c1. The minimum atomic E-state index is -0.270. The molecule has 0 atom stereocenters. The minimum Gasteiger partial charge on any atom is -0.311 e. The number of nitrogens with zero attached hydrogens (tertiary/aromatic N) is 3. The highest BCUT2D eigenvalue weighted by Gasteiger charge is 2.16. The van der Waals surface area contributed by atoms with Crippen LogP contribution in [0.4, 0.5) is 5.69 Å². The van der Waals surface area contributed by atoms with Crippen molar-refractivity contribution in [3.8, 4) is 6.07 Å². The maximum absolute atomic E-state index is 12.3. The fourth-order valence-electron chi connectivity index (χ4n) is 1.62. The summed E-state index contributed by atoms with van der Waals surface area (Å²) in [4.78, 5) is 17.6. The van der Waals surface area contributed by atoms with Crippen LogP contribution in [0.3, 0.4) is 0 Å². The van der Waals surface area contributed by atoms with Gasteiger partial charge in [0.15, 0.2) is 0 Å². The molecule has 0 aliphatic heterocycles. The lowest BCUT2D eigenvalue weighted by molar-refractivity contribution is 0.0993. The monoisotopic (exact) mass is 271 g/mol. The number of hydrogen-bond acceptors (Lipinski definition) is 3. The molecular formula is C14H10ClN3O. The van der Waals surface area contributed by atoms with Gasteiger partial charge in [-0.05, 0) is 24.3 Å². The fraction of sp³-hybridized carbons (Fsp3) is 0.0714. The van der Waals surface area contributed by atoms with Crippen molar-refractivity contribution in [3.05, 3.63) is 58.9 Å². The van der Waals surface area contributed by atoms with Crippen molar-refractivity contribution in [2.75, 3.05) is 11.9 Å². The van der Waals surface area contributed by atoms with E-state index in [0.717, 1.165) is 0 Å². The quantitative estimate of drug-likeness (QED) is 0.844. The summed E-state index contributed by atoms with van der Waals surface area (Å²) in [6.45, 7) is 0. The molecule has 1 amide bonds. The van der Waals surface area contributed by atoms with Crippen LogP contribution in [0.15, 0.2) is 42.7 Å². The number of pyridine rings is 1. The molecule has 1 heterocycles. The lowest BCUT2D eigenvalue weighted by atomic mass is 10.2. The predicted octanol–water partition coefficient (Wildman–Crippen LogP) is 2.88. The molecule has 0 spiro atoms. The van der Waals surface area contributed by atoms with Gasteiger partial charge in [-0.1, -0.05) is 17.7 Å². The molecule has 0 bridgehead atoms. The van der Waals surface area contributed by atoms with Crippen LogP contribution in [0.25, 0.3) is 0 Å². The van der Waals surface area contributed by atoms with Gasteiger partial charge >= 0.3 is 0 Å². The Balaban J connectivity index is 2.34. The molecular weight excluding hydrogens is 262 g/mol. The normalized spacial score (nSPS) is 9.74. The lowest BCUT2D eigenvalue weighted by Crippen LogP contribution is -2.26. The van der Waals surface area contributed by atoms with Gasteiger partial charge in [0.1, 0.15) is 0 Å². The zero-order valence-corrected chi connectivity index (χ0v) is 10.9. The highest BCUT2D eigenvalue weighted by atomic mass is 35.5. The maximum atomic E-state index is 12.3. The average molecular weight is 272 g/mol. The zero-order chi connectivity index (χ0) is 13.8. The van der Waals surface area contributed by atoms with Crippen molar-refractivity contribution < 1.29 is 4.79 Å². The number of carbonyl (C=O) groups excluding carboxylic acids is 1. The van der Waals surface area contributed by atoms with Crippen LogP contribution in [0.2, 0.25) is 5.02 Å². The van der Waals surface area contributed by atoms with Crippen molar-refractivity contribution in [2.45, 2.75) is 0 Å². The van der Waals surface area contributed by atoms with Crippen molar-refractivity contribution in [2.24, 2.45) is 0 Å². The van der Waals surface area contributed by atoms with E-state index in [1.165, 1.54) is 17.3 Å². The molecule has 0 saturated heterocycles. The first-order valence-corrected chi connectivity index (χ1v) is 5.89. The summed E-state index contributed by atoms with van der Waals surface area (Å²) < 4.78 is 0. The topological polar surface area (TPSA) is 57.0 Å². The van der Waals surface area contributed by atoms with E-state index in [2.05, 4.69) is 4.98 Å².